The van der Waals surface area contributed by atoms with E-state index in [9.17, 15) is 4.79 Å². The van der Waals surface area contributed by atoms with Crippen molar-refractivity contribution >= 4 is 17.5 Å². The maximum atomic E-state index is 12.8. The zero-order valence-electron chi connectivity index (χ0n) is 14.6. The molecule has 0 radical (unpaired) electrons. The number of benzene rings is 2. The second kappa shape index (κ2) is 6.96. The molecule has 26 heavy (non-hydrogen) atoms. The Kier molecular flexibility index (Phi) is 4.35. The minimum Gasteiger partial charge on any atom is -0.350 e. The molecular weight excluding hydrogens is 324 g/mol. The van der Waals surface area contributed by atoms with E-state index < -0.39 is 0 Å². The molecule has 0 bridgehead atoms. The summed E-state index contributed by atoms with van der Waals surface area (Å²) in [6.45, 7) is 3.43. The third kappa shape index (κ3) is 3.16. The zero-order valence-corrected chi connectivity index (χ0v) is 14.6. The molecule has 2 aromatic carbocycles. The van der Waals surface area contributed by atoms with Crippen molar-refractivity contribution in [3.05, 3.63) is 83.2 Å². The summed E-state index contributed by atoms with van der Waals surface area (Å²) in [4.78, 5) is 23.2. The molecule has 0 aliphatic carbocycles. The summed E-state index contributed by atoms with van der Waals surface area (Å²) in [6.07, 6.45) is 4.08. The first kappa shape index (κ1) is 16.3. The predicted molar refractivity (Wildman–Crippen MR) is 102 cm³/mol. The fourth-order valence-corrected chi connectivity index (χ4v) is 3.22. The number of anilines is 2. The summed E-state index contributed by atoms with van der Waals surface area (Å²) in [7, 11) is 0. The number of hydrogen-bond acceptors (Lipinski definition) is 4. The van der Waals surface area contributed by atoms with Crippen LogP contribution in [-0.2, 0) is 13.0 Å². The van der Waals surface area contributed by atoms with E-state index in [0.29, 0.717) is 24.6 Å². The Balaban J connectivity index is 1.45. The molecule has 4 rings (SSSR count). The lowest BCUT2D eigenvalue weighted by atomic mass is 10.1. The molecule has 3 aromatic rings. The summed E-state index contributed by atoms with van der Waals surface area (Å²) in [5.74, 6) is 0.465. The first-order valence-electron chi connectivity index (χ1n) is 8.72. The van der Waals surface area contributed by atoms with Gasteiger partial charge in [-0.1, -0.05) is 42.5 Å². The number of carbonyl (C=O) groups excluding carboxylic acids is 1. The number of aryl methyl sites for hydroxylation is 1. The summed E-state index contributed by atoms with van der Waals surface area (Å²) in [5.41, 5.74) is 5.12. The highest BCUT2D eigenvalue weighted by Gasteiger charge is 2.25. The molecule has 5 heteroatoms. The van der Waals surface area contributed by atoms with Gasteiger partial charge in [0.25, 0.3) is 5.91 Å². The van der Waals surface area contributed by atoms with E-state index >= 15 is 0 Å². The van der Waals surface area contributed by atoms with Crippen molar-refractivity contribution < 1.29 is 4.79 Å². The van der Waals surface area contributed by atoms with Crippen LogP contribution in [0.15, 0.2) is 60.9 Å². The number of aromatic nitrogens is 2. The largest absolute Gasteiger partial charge is 0.350 e. The van der Waals surface area contributed by atoms with Gasteiger partial charge in [0.1, 0.15) is 0 Å². The Labute approximate surface area is 152 Å². The number of fused-ring (bicyclic) bond motifs is 1. The SMILES string of the molecule is Cc1ccccc1CNc1ncc(C(=O)N2CCc3ccccc32)cn1. The van der Waals surface area contributed by atoms with Crippen molar-refractivity contribution in [2.24, 2.45) is 0 Å². The van der Waals surface area contributed by atoms with Crippen molar-refractivity contribution in [3.8, 4) is 0 Å². The molecule has 5 nitrogen and oxygen atoms in total. The van der Waals surface area contributed by atoms with Crippen LogP contribution in [0.1, 0.15) is 27.0 Å². The van der Waals surface area contributed by atoms with Crippen LogP contribution in [0.25, 0.3) is 0 Å². The number of para-hydroxylation sites is 1. The first-order chi connectivity index (χ1) is 12.7. The topological polar surface area (TPSA) is 58.1 Å². The highest BCUT2D eigenvalue weighted by molar-refractivity contribution is 6.06. The van der Waals surface area contributed by atoms with Gasteiger partial charge in [-0.25, -0.2) is 9.97 Å². The molecule has 0 saturated carbocycles. The van der Waals surface area contributed by atoms with Gasteiger partial charge in [-0.2, -0.15) is 0 Å². The lowest BCUT2D eigenvalue weighted by Crippen LogP contribution is -2.29. The standard InChI is InChI=1S/C21H20N4O/c1-15-6-2-3-8-17(15)12-22-21-23-13-18(14-24-21)20(26)25-11-10-16-7-4-5-9-19(16)25/h2-9,13-14H,10-12H2,1H3,(H,22,23,24). The molecule has 0 saturated heterocycles. The van der Waals surface area contributed by atoms with Crippen LogP contribution < -0.4 is 10.2 Å². The number of amides is 1. The van der Waals surface area contributed by atoms with Gasteiger partial charge < -0.3 is 10.2 Å². The molecule has 2 heterocycles. The molecule has 0 unspecified atom stereocenters. The molecule has 1 aromatic heterocycles. The maximum Gasteiger partial charge on any atom is 0.261 e. The zero-order chi connectivity index (χ0) is 17.9. The summed E-state index contributed by atoms with van der Waals surface area (Å²) >= 11 is 0. The van der Waals surface area contributed by atoms with E-state index in [1.165, 1.54) is 16.7 Å². The van der Waals surface area contributed by atoms with E-state index in [4.69, 9.17) is 0 Å². The van der Waals surface area contributed by atoms with Crippen molar-refractivity contribution in [1.82, 2.24) is 9.97 Å². The predicted octanol–water partition coefficient (Wildman–Crippen LogP) is 3.60. The van der Waals surface area contributed by atoms with Gasteiger partial charge >= 0.3 is 0 Å². The highest BCUT2D eigenvalue weighted by atomic mass is 16.2. The molecule has 1 aliphatic heterocycles. The van der Waals surface area contributed by atoms with Gasteiger partial charge in [-0.15, -0.1) is 0 Å². The molecule has 130 valence electrons. The lowest BCUT2D eigenvalue weighted by Gasteiger charge is -2.17. The van der Waals surface area contributed by atoms with Crippen LogP contribution in [0, 0.1) is 6.92 Å². The second-order valence-electron chi connectivity index (χ2n) is 6.41. The lowest BCUT2D eigenvalue weighted by molar-refractivity contribution is 0.0988. The summed E-state index contributed by atoms with van der Waals surface area (Å²) in [6, 6.07) is 16.2. The third-order valence-corrected chi connectivity index (χ3v) is 4.73. The summed E-state index contributed by atoms with van der Waals surface area (Å²) < 4.78 is 0. The van der Waals surface area contributed by atoms with Gasteiger partial charge in [-0.05, 0) is 36.1 Å². The van der Waals surface area contributed by atoms with E-state index in [2.05, 4.69) is 40.4 Å². The average Bonchev–Trinajstić information content (AvgIpc) is 3.11. The van der Waals surface area contributed by atoms with E-state index in [-0.39, 0.29) is 5.91 Å². The second-order valence-corrected chi connectivity index (χ2v) is 6.41. The number of carbonyl (C=O) groups is 1. The van der Waals surface area contributed by atoms with Crippen LogP contribution in [0.2, 0.25) is 0 Å². The smallest absolute Gasteiger partial charge is 0.261 e. The molecule has 0 fully saturated rings. The number of nitrogens with one attached hydrogen (secondary N) is 1. The monoisotopic (exact) mass is 344 g/mol. The molecular formula is C21H20N4O. The third-order valence-electron chi connectivity index (χ3n) is 4.73. The van der Waals surface area contributed by atoms with Gasteiger partial charge in [0.05, 0.1) is 5.56 Å². The van der Waals surface area contributed by atoms with Gasteiger partial charge in [0.15, 0.2) is 0 Å². The Morgan fingerprint density at radius 1 is 1.08 bits per heavy atom. The van der Waals surface area contributed by atoms with Crippen LogP contribution in [0.3, 0.4) is 0 Å². The number of hydrogen-bond donors (Lipinski definition) is 1. The van der Waals surface area contributed by atoms with E-state index in [1.807, 2.05) is 30.3 Å². The first-order valence-corrected chi connectivity index (χ1v) is 8.72. The molecule has 0 atom stereocenters. The van der Waals surface area contributed by atoms with Gasteiger partial charge in [-0.3, -0.25) is 4.79 Å². The van der Waals surface area contributed by atoms with E-state index in [1.54, 1.807) is 17.3 Å². The minimum absolute atomic E-state index is 0.0552. The molecule has 1 N–H and O–H groups in total. The number of rotatable bonds is 4. The quantitative estimate of drug-likeness (QED) is 0.786. The van der Waals surface area contributed by atoms with Crippen molar-refractivity contribution in [3.63, 3.8) is 0 Å². The van der Waals surface area contributed by atoms with Gasteiger partial charge in [0, 0.05) is 31.2 Å². The fraction of sp³-hybridized carbons (Fsp3) is 0.190. The average molecular weight is 344 g/mol. The Morgan fingerprint density at radius 3 is 2.62 bits per heavy atom. The van der Waals surface area contributed by atoms with Crippen LogP contribution >= 0.6 is 0 Å². The van der Waals surface area contributed by atoms with Gasteiger partial charge in [0.2, 0.25) is 5.95 Å². The molecule has 1 aliphatic rings. The maximum absolute atomic E-state index is 12.8. The Hall–Kier alpha value is -3.21. The Morgan fingerprint density at radius 2 is 1.81 bits per heavy atom. The van der Waals surface area contributed by atoms with E-state index in [0.717, 1.165) is 12.1 Å². The molecule has 0 spiro atoms. The minimum atomic E-state index is -0.0552. The van der Waals surface area contributed by atoms with Crippen molar-refractivity contribution in [2.45, 2.75) is 19.9 Å². The summed E-state index contributed by atoms with van der Waals surface area (Å²) in [5, 5.41) is 3.21. The Bertz CT molecular complexity index is 937. The van der Waals surface area contributed by atoms with Crippen molar-refractivity contribution in [1.29, 1.82) is 0 Å². The van der Waals surface area contributed by atoms with Crippen molar-refractivity contribution in [2.75, 3.05) is 16.8 Å². The molecule has 1 amide bonds. The van der Waals surface area contributed by atoms with Crippen LogP contribution in [-0.4, -0.2) is 22.4 Å². The number of nitrogens with zero attached hydrogens (tertiary/aromatic N) is 3. The normalized spacial score (nSPS) is 12.7. The fourth-order valence-electron chi connectivity index (χ4n) is 3.22. The van der Waals surface area contributed by atoms with Crippen LogP contribution in [0.4, 0.5) is 11.6 Å². The van der Waals surface area contributed by atoms with Crippen LogP contribution in [0.5, 0.6) is 0 Å². The highest BCUT2D eigenvalue weighted by Crippen LogP contribution is 2.28.